The zero-order valence-electron chi connectivity index (χ0n) is 15.7. The van der Waals surface area contributed by atoms with Gasteiger partial charge in [-0.05, 0) is 55.9 Å². The van der Waals surface area contributed by atoms with Gasteiger partial charge in [0.2, 0.25) is 0 Å². The Hall–Kier alpha value is -2.18. The third-order valence-corrected chi connectivity index (χ3v) is 5.62. The molecule has 2 saturated heterocycles. The maximum absolute atomic E-state index is 12.5. The smallest absolute Gasteiger partial charge is 0.257 e. The van der Waals surface area contributed by atoms with Gasteiger partial charge in [-0.3, -0.25) is 9.78 Å². The molecular weight excluding hydrogens is 344 g/mol. The maximum Gasteiger partial charge on any atom is 0.257 e. The molecular formula is C21H26N2O4. The molecule has 27 heavy (non-hydrogen) atoms. The molecule has 1 spiro atoms. The number of amides is 1. The van der Waals surface area contributed by atoms with Crippen LogP contribution in [0.15, 0.2) is 41.3 Å². The lowest BCUT2D eigenvalue weighted by atomic mass is 9.79. The first kappa shape index (κ1) is 18.2. The van der Waals surface area contributed by atoms with Gasteiger partial charge in [-0.2, -0.15) is 0 Å². The molecule has 144 valence electrons. The molecule has 0 unspecified atom stereocenters. The van der Waals surface area contributed by atoms with Crippen LogP contribution in [-0.2, 0) is 16.1 Å². The topological polar surface area (TPSA) is 64.8 Å². The Bertz CT molecular complexity index is 767. The summed E-state index contributed by atoms with van der Waals surface area (Å²) in [6.07, 6.45) is 8.24. The van der Waals surface area contributed by atoms with Crippen molar-refractivity contribution in [1.82, 2.24) is 9.88 Å². The number of carbonyl (C=O) groups excluding carboxylic acids is 1. The number of carbonyl (C=O) groups is 1. The monoisotopic (exact) mass is 370 g/mol. The van der Waals surface area contributed by atoms with Crippen LogP contribution in [0.25, 0.3) is 0 Å². The molecule has 6 nitrogen and oxygen atoms in total. The van der Waals surface area contributed by atoms with Gasteiger partial charge < -0.3 is 18.8 Å². The van der Waals surface area contributed by atoms with Gasteiger partial charge >= 0.3 is 0 Å². The van der Waals surface area contributed by atoms with Crippen molar-refractivity contribution < 1.29 is 18.7 Å². The number of rotatable bonds is 6. The highest BCUT2D eigenvalue weighted by Gasteiger charge is 2.49. The van der Waals surface area contributed by atoms with Gasteiger partial charge in [-0.25, -0.2) is 0 Å². The molecule has 1 atom stereocenters. The lowest BCUT2D eigenvalue weighted by Gasteiger charge is -2.53. The predicted octanol–water partition coefficient (Wildman–Crippen LogP) is 3.21. The number of aromatic nitrogens is 1. The van der Waals surface area contributed by atoms with Crippen LogP contribution in [0.1, 0.15) is 40.9 Å². The fourth-order valence-corrected chi connectivity index (χ4v) is 4.09. The van der Waals surface area contributed by atoms with Gasteiger partial charge in [-0.15, -0.1) is 0 Å². The molecule has 0 saturated carbocycles. The van der Waals surface area contributed by atoms with Gasteiger partial charge in [0.15, 0.2) is 0 Å². The van der Waals surface area contributed by atoms with E-state index < -0.39 is 0 Å². The lowest BCUT2D eigenvalue weighted by molar-refractivity contribution is -0.167. The number of furan rings is 1. The molecule has 4 heterocycles. The lowest BCUT2D eigenvalue weighted by Crippen LogP contribution is -2.66. The van der Waals surface area contributed by atoms with Crippen molar-refractivity contribution in [1.29, 1.82) is 0 Å². The van der Waals surface area contributed by atoms with Crippen LogP contribution in [0.2, 0.25) is 0 Å². The van der Waals surface area contributed by atoms with Crippen LogP contribution in [0.3, 0.4) is 0 Å². The molecule has 2 aliphatic rings. The minimum atomic E-state index is -0.165. The van der Waals surface area contributed by atoms with E-state index >= 15 is 0 Å². The third-order valence-electron chi connectivity index (χ3n) is 5.62. The van der Waals surface area contributed by atoms with Crippen molar-refractivity contribution in [2.24, 2.45) is 5.92 Å². The molecule has 2 fully saturated rings. The minimum absolute atomic E-state index is 0.0401. The first-order chi connectivity index (χ1) is 13.2. The Morgan fingerprint density at radius 1 is 1.33 bits per heavy atom. The first-order valence-corrected chi connectivity index (χ1v) is 9.59. The van der Waals surface area contributed by atoms with E-state index in [1.165, 1.54) is 0 Å². The van der Waals surface area contributed by atoms with Gasteiger partial charge in [0, 0.05) is 25.6 Å². The summed E-state index contributed by atoms with van der Waals surface area (Å²) in [6.45, 7) is 5.31. The number of nitrogens with zero attached hydrogens (tertiary/aromatic N) is 2. The van der Waals surface area contributed by atoms with Crippen LogP contribution < -0.4 is 0 Å². The summed E-state index contributed by atoms with van der Waals surface area (Å²) in [6, 6.07) is 5.70. The molecule has 2 aromatic heterocycles. The number of pyridine rings is 1. The minimum Gasteiger partial charge on any atom is -0.469 e. The molecule has 0 N–H and O–H groups in total. The number of hydrogen-bond donors (Lipinski definition) is 0. The van der Waals surface area contributed by atoms with E-state index in [0.717, 1.165) is 38.0 Å². The Balaban J connectivity index is 1.22. The summed E-state index contributed by atoms with van der Waals surface area (Å²) < 4.78 is 17.1. The van der Waals surface area contributed by atoms with Gasteiger partial charge in [-0.1, -0.05) is 0 Å². The molecule has 2 aromatic rings. The third kappa shape index (κ3) is 4.06. The highest BCUT2D eigenvalue weighted by molar-refractivity contribution is 5.95. The van der Waals surface area contributed by atoms with Crippen molar-refractivity contribution in [2.75, 3.05) is 26.3 Å². The zero-order valence-corrected chi connectivity index (χ0v) is 15.7. The summed E-state index contributed by atoms with van der Waals surface area (Å²) in [7, 11) is 0. The van der Waals surface area contributed by atoms with Crippen molar-refractivity contribution in [3.8, 4) is 0 Å². The molecule has 6 heteroatoms. The number of likely N-dealkylation sites (tertiary alicyclic amines) is 1. The fraction of sp³-hybridized carbons (Fsp3) is 0.524. The standard InChI is InChI=1S/C21H26N2O4/c1-16-19(6-10-26-16)20(24)23-14-21(15-23)12-17(5-11-27-21)4-9-25-13-18-2-7-22-8-3-18/h2-3,6-8,10,17H,4-5,9,11-15H2,1H3/t17-/m0/s1. The molecule has 0 aromatic carbocycles. The van der Waals surface area contributed by atoms with E-state index in [4.69, 9.17) is 13.9 Å². The Labute approximate surface area is 159 Å². The molecule has 0 aliphatic carbocycles. The summed E-state index contributed by atoms with van der Waals surface area (Å²) in [4.78, 5) is 18.4. The highest BCUT2D eigenvalue weighted by atomic mass is 16.5. The molecule has 4 rings (SSSR count). The van der Waals surface area contributed by atoms with E-state index in [1.54, 1.807) is 24.7 Å². The van der Waals surface area contributed by atoms with Gasteiger partial charge in [0.05, 0.1) is 31.5 Å². The van der Waals surface area contributed by atoms with Crippen LogP contribution >= 0.6 is 0 Å². The summed E-state index contributed by atoms with van der Waals surface area (Å²) in [5.74, 6) is 1.30. The number of hydrogen-bond acceptors (Lipinski definition) is 5. The van der Waals surface area contributed by atoms with Gasteiger partial charge in [0.1, 0.15) is 11.4 Å². The summed E-state index contributed by atoms with van der Waals surface area (Å²) in [5, 5.41) is 0. The molecule has 0 bridgehead atoms. The zero-order chi connectivity index (χ0) is 18.7. The van der Waals surface area contributed by atoms with Crippen LogP contribution in [-0.4, -0.2) is 47.7 Å². The quantitative estimate of drug-likeness (QED) is 0.731. The second-order valence-corrected chi connectivity index (χ2v) is 7.64. The molecule has 0 radical (unpaired) electrons. The second-order valence-electron chi connectivity index (χ2n) is 7.64. The molecule has 1 amide bonds. The van der Waals surface area contributed by atoms with E-state index in [9.17, 15) is 4.79 Å². The Morgan fingerprint density at radius 2 is 2.15 bits per heavy atom. The predicted molar refractivity (Wildman–Crippen MR) is 99.3 cm³/mol. The van der Waals surface area contributed by atoms with E-state index in [1.807, 2.05) is 24.0 Å². The Kier molecular flexibility index (Phi) is 5.27. The Morgan fingerprint density at radius 3 is 2.89 bits per heavy atom. The largest absolute Gasteiger partial charge is 0.469 e. The van der Waals surface area contributed by atoms with Crippen molar-refractivity contribution in [3.05, 3.63) is 53.7 Å². The molecule has 2 aliphatic heterocycles. The van der Waals surface area contributed by atoms with E-state index in [2.05, 4.69) is 4.98 Å². The maximum atomic E-state index is 12.5. The van der Waals surface area contributed by atoms with E-state index in [-0.39, 0.29) is 11.5 Å². The van der Waals surface area contributed by atoms with Crippen LogP contribution in [0.5, 0.6) is 0 Å². The average Bonchev–Trinajstić information content (AvgIpc) is 3.10. The SMILES string of the molecule is Cc1occc1C(=O)N1CC2(C[C@@H](CCOCc3ccncc3)CCO2)C1. The fourth-order valence-electron chi connectivity index (χ4n) is 4.09. The average molecular weight is 370 g/mol. The normalized spacial score (nSPS) is 21.2. The van der Waals surface area contributed by atoms with Crippen LogP contribution in [0, 0.1) is 12.8 Å². The van der Waals surface area contributed by atoms with Crippen molar-refractivity contribution in [2.45, 2.75) is 38.4 Å². The van der Waals surface area contributed by atoms with Crippen LogP contribution in [0.4, 0.5) is 0 Å². The van der Waals surface area contributed by atoms with Crippen molar-refractivity contribution in [3.63, 3.8) is 0 Å². The van der Waals surface area contributed by atoms with E-state index in [0.29, 0.717) is 36.9 Å². The highest BCUT2D eigenvalue weighted by Crippen LogP contribution is 2.38. The van der Waals surface area contributed by atoms with Crippen molar-refractivity contribution >= 4 is 5.91 Å². The first-order valence-electron chi connectivity index (χ1n) is 9.59. The second kappa shape index (κ2) is 7.82. The summed E-state index contributed by atoms with van der Waals surface area (Å²) in [5.41, 5.74) is 1.64. The number of ether oxygens (including phenoxy) is 2. The van der Waals surface area contributed by atoms with Gasteiger partial charge in [0.25, 0.3) is 5.91 Å². The summed E-state index contributed by atoms with van der Waals surface area (Å²) >= 11 is 0. The number of aryl methyl sites for hydroxylation is 1.